The molecule has 0 saturated carbocycles. The molecule has 0 spiro atoms. The maximum Gasteiger partial charge on any atom is 0.311 e. The summed E-state index contributed by atoms with van der Waals surface area (Å²) in [7, 11) is -2.72. The molecule has 39 heavy (non-hydrogen) atoms. The Morgan fingerprint density at radius 2 is 1.13 bits per heavy atom. The molecule has 0 bridgehead atoms. The third kappa shape index (κ3) is 10.5. The zero-order valence-electron chi connectivity index (χ0n) is 26.1. The number of carbonyl (C=O) groups is 1. The van der Waals surface area contributed by atoms with E-state index >= 15 is 0 Å². The highest BCUT2D eigenvalue weighted by molar-refractivity contribution is 6.99. The fourth-order valence-corrected chi connectivity index (χ4v) is 10.1. The molecule has 0 aliphatic carbocycles. The van der Waals surface area contributed by atoms with Gasteiger partial charge in [-0.3, -0.25) is 4.79 Å². The molecule has 0 aliphatic heterocycles. The topological polar surface area (TPSA) is 35.5 Å². The van der Waals surface area contributed by atoms with Crippen molar-refractivity contribution in [1.82, 2.24) is 0 Å². The minimum atomic E-state index is -2.72. The molecule has 0 N–H and O–H groups in total. The monoisotopic (exact) mass is 552 g/mol. The van der Waals surface area contributed by atoms with Gasteiger partial charge in [-0.1, -0.05) is 153 Å². The van der Waals surface area contributed by atoms with Crippen molar-refractivity contribution in [1.29, 1.82) is 0 Å². The summed E-state index contributed by atoms with van der Waals surface area (Å²) in [4.78, 5) is 12.7. The van der Waals surface area contributed by atoms with Crippen molar-refractivity contribution in [3.05, 3.63) is 60.7 Å². The van der Waals surface area contributed by atoms with Crippen LogP contribution in [0.1, 0.15) is 119 Å². The zero-order valence-corrected chi connectivity index (χ0v) is 27.1. The number of carbonyl (C=O) groups excluding carboxylic acids is 1. The van der Waals surface area contributed by atoms with Gasteiger partial charge in [-0.05, 0) is 42.6 Å². The SMILES string of the molecule is CCCCCCCCCCCC[C@@H](COC(=O)C(C)(C)C)O[Si](c1ccccc1)(c1ccccc1)C(C)(C)C. The molecule has 4 heteroatoms. The highest BCUT2D eigenvalue weighted by Crippen LogP contribution is 2.38. The molecule has 2 aromatic carbocycles. The second kappa shape index (κ2) is 16.4. The van der Waals surface area contributed by atoms with E-state index in [0.29, 0.717) is 6.61 Å². The quantitative estimate of drug-likeness (QED) is 0.112. The Kier molecular flexibility index (Phi) is 14.0. The van der Waals surface area contributed by atoms with E-state index in [1.807, 2.05) is 20.8 Å². The first-order chi connectivity index (χ1) is 18.5. The predicted octanol–water partition coefficient (Wildman–Crippen LogP) is 8.83. The summed E-state index contributed by atoms with van der Waals surface area (Å²) >= 11 is 0. The first-order valence-electron chi connectivity index (χ1n) is 15.5. The van der Waals surface area contributed by atoms with Gasteiger partial charge >= 0.3 is 5.97 Å². The smallest absolute Gasteiger partial charge is 0.311 e. The fourth-order valence-electron chi connectivity index (χ4n) is 5.36. The van der Waals surface area contributed by atoms with E-state index in [4.69, 9.17) is 9.16 Å². The molecular formula is C35H56O3Si. The molecule has 0 unspecified atom stereocenters. The Morgan fingerprint density at radius 3 is 1.54 bits per heavy atom. The van der Waals surface area contributed by atoms with Crippen molar-refractivity contribution in [2.24, 2.45) is 5.41 Å². The number of hydrogen-bond donors (Lipinski definition) is 0. The number of rotatable bonds is 17. The van der Waals surface area contributed by atoms with Crippen molar-refractivity contribution in [2.45, 2.75) is 130 Å². The lowest BCUT2D eigenvalue weighted by molar-refractivity contribution is -0.155. The van der Waals surface area contributed by atoms with Gasteiger partial charge in [-0.25, -0.2) is 0 Å². The van der Waals surface area contributed by atoms with Crippen molar-refractivity contribution in [3.8, 4) is 0 Å². The van der Waals surface area contributed by atoms with Crippen LogP contribution in [0.4, 0.5) is 0 Å². The van der Waals surface area contributed by atoms with Crippen LogP contribution in [-0.2, 0) is 14.0 Å². The first kappa shape index (κ1) is 33.3. The summed E-state index contributed by atoms with van der Waals surface area (Å²) in [6.07, 6.45) is 13.8. The van der Waals surface area contributed by atoms with Crippen LogP contribution in [0, 0.1) is 5.41 Å². The maximum absolute atomic E-state index is 12.7. The minimum Gasteiger partial charge on any atom is -0.463 e. The molecule has 1 atom stereocenters. The van der Waals surface area contributed by atoms with Crippen LogP contribution in [0.25, 0.3) is 0 Å². The van der Waals surface area contributed by atoms with Crippen LogP contribution in [-0.4, -0.2) is 27.0 Å². The van der Waals surface area contributed by atoms with Crippen LogP contribution in [0.15, 0.2) is 60.7 Å². The van der Waals surface area contributed by atoms with Crippen molar-refractivity contribution in [3.63, 3.8) is 0 Å². The van der Waals surface area contributed by atoms with E-state index in [1.165, 1.54) is 68.2 Å². The maximum atomic E-state index is 12.7. The summed E-state index contributed by atoms with van der Waals surface area (Å²) in [5.74, 6) is -0.165. The van der Waals surface area contributed by atoms with Crippen LogP contribution in [0.3, 0.4) is 0 Å². The molecule has 0 saturated heterocycles. The average Bonchev–Trinajstić information content (AvgIpc) is 2.90. The summed E-state index contributed by atoms with van der Waals surface area (Å²) < 4.78 is 13.3. The lowest BCUT2D eigenvalue weighted by Crippen LogP contribution is -2.68. The first-order valence-corrected chi connectivity index (χ1v) is 17.4. The number of esters is 1. The van der Waals surface area contributed by atoms with E-state index in [2.05, 4.69) is 88.4 Å². The van der Waals surface area contributed by atoms with Gasteiger partial charge in [0.05, 0.1) is 11.5 Å². The van der Waals surface area contributed by atoms with Crippen LogP contribution in [0.2, 0.25) is 5.04 Å². The molecule has 2 aromatic rings. The van der Waals surface area contributed by atoms with E-state index < -0.39 is 13.7 Å². The van der Waals surface area contributed by atoms with Gasteiger partial charge in [0.25, 0.3) is 8.32 Å². The van der Waals surface area contributed by atoms with Crippen molar-refractivity contribution in [2.75, 3.05) is 6.61 Å². The molecule has 0 amide bonds. The Morgan fingerprint density at radius 1 is 0.692 bits per heavy atom. The van der Waals surface area contributed by atoms with Crippen LogP contribution in [0.5, 0.6) is 0 Å². The molecule has 0 fully saturated rings. The predicted molar refractivity (Wildman–Crippen MR) is 169 cm³/mol. The molecule has 0 heterocycles. The summed E-state index contributed by atoms with van der Waals surface area (Å²) in [5.41, 5.74) is -0.529. The molecule has 2 rings (SSSR count). The number of unbranched alkanes of at least 4 members (excludes halogenated alkanes) is 9. The van der Waals surface area contributed by atoms with Crippen LogP contribution < -0.4 is 10.4 Å². The largest absolute Gasteiger partial charge is 0.463 e. The third-order valence-corrected chi connectivity index (χ3v) is 12.7. The summed E-state index contributed by atoms with van der Waals surface area (Å²) in [6, 6.07) is 21.5. The van der Waals surface area contributed by atoms with Gasteiger partial charge in [-0.2, -0.15) is 0 Å². The van der Waals surface area contributed by atoms with E-state index in [-0.39, 0.29) is 17.1 Å². The fraction of sp³-hybridized carbons (Fsp3) is 0.629. The Bertz CT molecular complexity index is 888. The highest BCUT2D eigenvalue weighted by Gasteiger charge is 2.51. The van der Waals surface area contributed by atoms with Crippen LogP contribution >= 0.6 is 0 Å². The van der Waals surface area contributed by atoms with Crippen molar-refractivity contribution >= 4 is 24.7 Å². The van der Waals surface area contributed by atoms with Gasteiger partial charge < -0.3 is 9.16 Å². The molecule has 0 radical (unpaired) electrons. The van der Waals surface area contributed by atoms with E-state index in [0.717, 1.165) is 12.8 Å². The Balaban J connectivity index is 2.21. The molecule has 0 aliphatic rings. The zero-order chi connectivity index (χ0) is 28.8. The van der Waals surface area contributed by atoms with Gasteiger partial charge in [0, 0.05) is 0 Å². The molecule has 218 valence electrons. The van der Waals surface area contributed by atoms with Gasteiger partial charge in [0.1, 0.15) is 6.61 Å². The van der Waals surface area contributed by atoms with Gasteiger partial charge in [0.2, 0.25) is 0 Å². The number of benzene rings is 2. The molecular weight excluding hydrogens is 496 g/mol. The highest BCUT2D eigenvalue weighted by atomic mass is 28.4. The number of ether oxygens (including phenoxy) is 1. The van der Waals surface area contributed by atoms with E-state index in [9.17, 15) is 4.79 Å². The number of hydrogen-bond acceptors (Lipinski definition) is 3. The van der Waals surface area contributed by atoms with Gasteiger partial charge in [-0.15, -0.1) is 0 Å². The standard InChI is InChI=1S/C35H56O3Si/c1-8-9-10-11-12-13-14-15-16-19-24-30(29-37-33(36)34(2,3)4)38-39(35(5,6)7,31-25-20-17-21-26-31)32-27-22-18-23-28-32/h17-18,20-23,25-28,30H,8-16,19,24,29H2,1-7H3/t30-/m0/s1. The lowest BCUT2D eigenvalue weighted by atomic mass is 9.97. The average molecular weight is 553 g/mol. The third-order valence-electron chi connectivity index (χ3n) is 7.65. The van der Waals surface area contributed by atoms with E-state index in [1.54, 1.807) is 0 Å². The second-order valence-electron chi connectivity index (χ2n) is 13.2. The summed E-state index contributed by atoms with van der Waals surface area (Å²) in [6.45, 7) is 15.2. The molecule has 0 aromatic heterocycles. The lowest BCUT2D eigenvalue weighted by Gasteiger charge is -2.45. The minimum absolute atomic E-state index is 0.111. The Labute approximate surface area is 241 Å². The van der Waals surface area contributed by atoms with Crippen molar-refractivity contribution < 1.29 is 14.0 Å². The normalized spacial score (nSPS) is 13.3. The van der Waals surface area contributed by atoms with Gasteiger partial charge in [0.15, 0.2) is 0 Å². The second-order valence-corrected chi connectivity index (χ2v) is 17.5. The molecule has 3 nitrogen and oxygen atoms in total. The summed E-state index contributed by atoms with van der Waals surface area (Å²) in [5, 5.41) is 2.41. The Hall–Kier alpha value is -1.91.